The number of piperazine rings is 1. The number of methoxy groups -OCH3 is 1. The van der Waals surface area contributed by atoms with Crippen molar-refractivity contribution in [3.05, 3.63) is 59.1 Å². The van der Waals surface area contributed by atoms with Gasteiger partial charge in [0, 0.05) is 55.1 Å². The fourth-order valence-corrected chi connectivity index (χ4v) is 3.71. The number of benzene rings is 2. The lowest BCUT2D eigenvalue weighted by Crippen LogP contribution is -2.46. The van der Waals surface area contributed by atoms with E-state index in [0.29, 0.717) is 17.1 Å². The van der Waals surface area contributed by atoms with E-state index < -0.39 is 0 Å². The van der Waals surface area contributed by atoms with Gasteiger partial charge < -0.3 is 15.0 Å². The van der Waals surface area contributed by atoms with Crippen LogP contribution in [0.25, 0.3) is 0 Å². The molecule has 2 aromatic rings. The fraction of sp³-hybridized carbons (Fsp3) is 0.435. The SMILES string of the molecule is COc1cccc(N2CCN(CCCCCNC(=O)c3ccc(Cl)cc3)CC2)c1. The van der Waals surface area contributed by atoms with Crippen LogP contribution in [-0.2, 0) is 0 Å². The molecule has 0 bridgehead atoms. The molecule has 0 radical (unpaired) electrons. The molecular formula is C23H30ClN3O2. The molecule has 1 aliphatic heterocycles. The maximum Gasteiger partial charge on any atom is 0.251 e. The maximum absolute atomic E-state index is 12.0. The molecule has 1 saturated heterocycles. The van der Waals surface area contributed by atoms with Gasteiger partial charge in [0.2, 0.25) is 0 Å². The lowest BCUT2D eigenvalue weighted by atomic mass is 10.2. The first-order valence-electron chi connectivity index (χ1n) is 10.3. The Labute approximate surface area is 178 Å². The quantitative estimate of drug-likeness (QED) is 0.627. The van der Waals surface area contributed by atoms with E-state index in [0.717, 1.165) is 57.7 Å². The summed E-state index contributed by atoms with van der Waals surface area (Å²) in [5.74, 6) is 0.878. The molecule has 29 heavy (non-hydrogen) atoms. The van der Waals surface area contributed by atoms with Crippen LogP contribution < -0.4 is 15.0 Å². The monoisotopic (exact) mass is 415 g/mol. The summed E-state index contributed by atoms with van der Waals surface area (Å²) < 4.78 is 5.33. The minimum absolute atomic E-state index is 0.0321. The fourth-order valence-electron chi connectivity index (χ4n) is 3.58. The zero-order chi connectivity index (χ0) is 20.5. The number of hydrogen-bond acceptors (Lipinski definition) is 4. The first kappa shape index (κ1) is 21.5. The second kappa shape index (κ2) is 11.1. The van der Waals surface area contributed by atoms with Crippen molar-refractivity contribution in [1.82, 2.24) is 10.2 Å². The van der Waals surface area contributed by atoms with Gasteiger partial charge in [-0.15, -0.1) is 0 Å². The van der Waals surface area contributed by atoms with Crippen molar-refractivity contribution in [3.63, 3.8) is 0 Å². The predicted octanol–water partition coefficient (Wildman–Crippen LogP) is 4.07. The molecule has 3 rings (SSSR count). The first-order chi connectivity index (χ1) is 14.2. The van der Waals surface area contributed by atoms with Crippen LogP contribution in [0.3, 0.4) is 0 Å². The molecule has 0 atom stereocenters. The van der Waals surface area contributed by atoms with Gasteiger partial charge in [0.15, 0.2) is 0 Å². The topological polar surface area (TPSA) is 44.8 Å². The Morgan fingerprint density at radius 1 is 1.03 bits per heavy atom. The van der Waals surface area contributed by atoms with Crippen LogP contribution in [0.5, 0.6) is 5.75 Å². The standard InChI is InChI=1S/C23H30ClN3O2/c1-29-22-7-5-6-21(18-22)27-16-14-26(15-17-27)13-4-2-3-12-25-23(28)19-8-10-20(24)11-9-19/h5-11,18H,2-4,12-17H2,1H3,(H,25,28). The smallest absolute Gasteiger partial charge is 0.251 e. The van der Waals surface area contributed by atoms with E-state index in [1.165, 1.54) is 5.69 Å². The molecule has 156 valence electrons. The summed E-state index contributed by atoms with van der Waals surface area (Å²) in [7, 11) is 1.71. The number of nitrogens with one attached hydrogen (secondary N) is 1. The largest absolute Gasteiger partial charge is 0.497 e. The maximum atomic E-state index is 12.0. The third-order valence-corrected chi connectivity index (χ3v) is 5.59. The van der Waals surface area contributed by atoms with Crippen LogP contribution in [0.2, 0.25) is 5.02 Å². The third kappa shape index (κ3) is 6.65. The molecule has 6 heteroatoms. The predicted molar refractivity (Wildman–Crippen MR) is 119 cm³/mol. The Hall–Kier alpha value is -2.24. The summed E-state index contributed by atoms with van der Waals surface area (Å²) in [5, 5.41) is 3.62. The van der Waals surface area contributed by atoms with Crippen LogP contribution >= 0.6 is 11.6 Å². The molecule has 0 aliphatic carbocycles. The second-order valence-corrected chi connectivity index (χ2v) is 7.79. The summed E-state index contributed by atoms with van der Waals surface area (Å²) in [5.41, 5.74) is 1.89. The summed E-state index contributed by atoms with van der Waals surface area (Å²) >= 11 is 5.85. The van der Waals surface area contributed by atoms with Crippen molar-refractivity contribution in [1.29, 1.82) is 0 Å². The number of carbonyl (C=O) groups excluding carboxylic acids is 1. The normalized spacial score (nSPS) is 14.6. The average Bonchev–Trinajstić information content (AvgIpc) is 2.77. The van der Waals surface area contributed by atoms with E-state index in [4.69, 9.17) is 16.3 Å². The van der Waals surface area contributed by atoms with Crippen molar-refractivity contribution < 1.29 is 9.53 Å². The number of ether oxygens (including phenoxy) is 1. The van der Waals surface area contributed by atoms with Gasteiger partial charge in [0.05, 0.1) is 7.11 Å². The van der Waals surface area contributed by atoms with Crippen LogP contribution in [0.4, 0.5) is 5.69 Å². The number of unbranched alkanes of at least 4 members (excludes halogenated alkanes) is 2. The number of halogens is 1. The van der Waals surface area contributed by atoms with E-state index >= 15 is 0 Å². The minimum Gasteiger partial charge on any atom is -0.497 e. The highest BCUT2D eigenvalue weighted by molar-refractivity contribution is 6.30. The van der Waals surface area contributed by atoms with Crippen LogP contribution in [0, 0.1) is 0 Å². The highest BCUT2D eigenvalue weighted by atomic mass is 35.5. The van der Waals surface area contributed by atoms with E-state index in [-0.39, 0.29) is 5.91 Å². The highest BCUT2D eigenvalue weighted by Crippen LogP contribution is 2.22. The van der Waals surface area contributed by atoms with Crippen molar-refractivity contribution in [2.75, 3.05) is 51.3 Å². The second-order valence-electron chi connectivity index (χ2n) is 7.35. The number of carbonyl (C=O) groups is 1. The Bertz CT molecular complexity index is 774. The number of rotatable bonds is 9. The molecule has 0 aromatic heterocycles. The van der Waals surface area contributed by atoms with E-state index in [9.17, 15) is 4.79 Å². The van der Waals surface area contributed by atoms with Crippen molar-refractivity contribution in [3.8, 4) is 5.75 Å². The van der Waals surface area contributed by atoms with Gasteiger partial charge in [-0.1, -0.05) is 24.1 Å². The van der Waals surface area contributed by atoms with Crippen molar-refractivity contribution >= 4 is 23.2 Å². The van der Waals surface area contributed by atoms with Crippen LogP contribution in [0.15, 0.2) is 48.5 Å². The lowest BCUT2D eigenvalue weighted by molar-refractivity contribution is 0.0953. The summed E-state index contributed by atoms with van der Waals surface area (Å²) in [4.78, 5) is 17.0. The van der Waals surface area contributed by atoms with Crippen molar-refractivity contribution in [2.24, 2.45) is 0 Å². The molecule has 0 unspecified atom stereocenters. The van der Waals surface area contributed by atoms with Gasteiger partial charge in [0.25, 0.3) is 5.91 Å². The Balaban J connectivity index is 1.27. The Kier molecular flexibility index (Phi) is 8.20. The van der Waals surface area contributed by atoms with Crippen molar-refractivity contribution in [2.45, 2.75) is 19.3 Å². The van der Waals surface area contributed by atoms with Crippen LogP contribution in [-0.4, -0.2) is 57.2 Å². The highest BCUT2D eigenvalue weighted by Gasteiger charge is 2.17. The molecule has 0 spiro atoms. The molecule has 1 N–H and O–H groups in total. The molecule has 2 aromatic carbocycles. The molecule has 1 aliphatic rings. The average molecular weight is 416 g/mol. The molecule has 5 nitrogen and oxygen atoms in total. The van der Waals surface area contributed by atoms with E-state index in [1.807, 2.05) is 12.1 Å². The van der Waals surface area contributed by atoms with Gasteiger partial charge in [-0.25, -0.2) is 0 Å². The van der Waals surface area contributed by atoms with Gasteiger partial charge in [-0.05, 0) is 55.8 Å². The number of hydrogen-bond donors (Lipinski definition) is 1. The zero-order valence-corrected chi connectivity index (χ0v) is 17.8. The van der Waals surface area contributed by atoms with E-state index in [2.05, 4.69) is 27.2 Å². The number of anilines is 1. The molecule has 0 saturated carbocycles. The molecule has 1 heterocycles. The number of nitrogens with zero attached hydrogens (tertiary/aromatic N) is 2. The first-order valence-corrected chi connectivity index (χ1v) is 10.7. The molecule has 1 fully saturated rings. The Morgan fingerprint density at radius 3 is 2.52 bits per heavy atom. The summed E-state index contributed by atoms with van der Waals surface area (Å²) in [6.45, 7) is 6.10. The van der Waals surface area contributed by atoms with Crippen LogP contribution in [0.1, 0.15) is 29.6 Å². The summed E-state index contributed by atoms with van der Waals surface area (Å²) in [6.07, 6.45) is 3.29. The van der Waals surface area contributed by atoms with E-state index in [1.54, 1.807) is 31.4 Å². The molecular weight excluding hydrogens is 386 g/mol. The van der Waals surface area contributed by atoms with Gasteiger partial charge >= 0.3 is 0 Å². The third-order valence-electron chi connectivity index (χ3n) is 5.33. The van der Waals surface area contributed by atoms with Gasteiger partial charge in [-0.2, -0.15) is 0 Å². The Morgan fingerprint density at radius 2 is 1.79 bits per heavy atom. The zero-order valence-electron chi connectivity index (χ0n) is 17.1. The molecule has 1 amide bonds. The van der Waals surface area contributed by atoms with Gasteiger partial charge in [0.1, 0.15) is 5.75 Å². The minimum atomic E-state index is -0.0321. The number of amides is 1. The summed E-state index contributed by atoms with van der Waals surface area (Å²) in [6, 6.07) is 15.3. The lowest BCUT2D eigenvalue weighted by Gasteiger charge is -2.36. The van der Waals surface area contributed by atoms with Gasteiger partial charge in [-0.3, -0.25) is 9.69 Å².